The predicted octanol–water partition coefficient (Wildman–Crippen LogP) is 2.14. The fourth-order valence-electron chi connectivity index (χ4n) is 1.30. The molecule has 2 nitrogen and oxygen atoms in total. The van der Waals surface area contributed by atoms with Crippen LogP contribution in [-0.4, -0.2) is 11.7 Å². The van der Waals surface area contributed by atoms with E-state index in [9.17, 15) is 4.39 Å². The smallest absolute Gasteiger partial charge is 0.128 e. The number of nitrogens with two attached hydrogens (primary N) is 1. The van der Waals surface area contributed by atoms with Gasteiger partial charge in [0.1, 0.15) is 5.82 Å². The van der Waals surface area contributed by atoms with Gasteiger partial charge in [-0.05, 0) is 31.5 Å². The Morgan fingerprint density at radius 2 is 2.21 bits per heavy atom. The average Bonchev–Trinajstić information content (AvgIpc) is 2.09. The van der Waals surface area contributed by atoms with Crippen LogP contribution < -0.4 is 5.73 Å². The van der Waals surface area contributed by atoms with Gasteiger partial charge in [0.2, 0.25) is 0 Å². The van der Waals surface area contributed by atoms with Crippen LogP contribution in [0.5, 0.6) is 0 Å². The Morgan fingerprint density at radius 3 is 2.79 bits per heavy atom. The van der Waals surface area contributed by atoms with E-state index >= 15 is 0 Å². The normalized spacial score (nSPS) is 15.2. The molecular formula is C10H13BrFNO. The zero-order chi connectivity index (χ0) is 10.8. The van der Waals surface area contributed by atoms with Crippen molar-refractivity contribution in [3.63, 3.8) is 0 Å². The monoisotopic (exact) mass is 261 g/mol. The van der Waals surface area contributed by atoms with Crippen LogP contribution in [0.15, 0.2) is 22.7 Å². The molecule has 0 radical (unpaired) electrons. The molecule has 0 bridgehead atoms. The van der Waals surface area contributed by atoms with E-state index in [1.54, 1.807) is 19.1 Å². The second-order valence-corrected chi connectivity index (χ2v) is 4.43. The van der Waals surface area contributed by atoms with Crippen LogP contribution in [0.4, 0.5) is 4.39 Å². The molecule has 0 saturated heterocycles. The van der Waals surface area contributed by atoms with Gasteiger partial charge in [0, 0.05) is 22.2 Å². The van der Waals surface area contributed by atoms with Crippen molar-refractivity contribution in [2.75, 3.05) is 6.61 Å². The summed E-state index contributed by atoms with van der Waals surface area (Å²) in [4.78, 5) is 0. The molecule has 14 heavy (non-hydrogen) atoms. The van der Waals surface area contributed by atoms with Crippen molar-refractivity contribution in [2.45, 2.75) is 18.9 Å². The van der Waals surface area contributed by atoms with E-state index in [0.717, 1.165) is 4.47 Å². The Balaban J connectivity index is 3.10. The molecule has 0 fully saturated rings. The maximum Gasteiger partial charge on any atom is 0.128 e. The van der Waals surface area contributed by atoms with Crippen LogP contribution in [0.2, 0.25) is 0 Å². The van der Waals surface area contributed by atoms with Gasteiger partial charge in [-0.25, -0.2) is 4.39 Å². The van der Waals surface area contributed by atoms with Crippen LogP contribution in [0.3, 0.4) is 0 Å². The highest BCUT2D eigenvalue weighted by Crippen LogP contribution is 2.26. The van der Waals surface area contributed by atoms with Gasteiger partial charge < -0.3 is 10.8 Å². The lowest BCUT2D eigenvalue weighted by molar-refractivity contribution is 0.244. The van der Waals surface area contributed by atoms with Gasteiger partial charge in [-0.15, -0.1) is 0 Å². The van der Waals surface area contributed by atoms with Crippen molar-refractivity contribution >= 4 is 15.9 Å². The Morgan fingerprint density at radius 1 is 1.57 bits per heavy atom. The zero-order valence-corrected chi connectivity index (χ0v) is 9.51. The number of rotatable bonds is 3. The third-order valence-electron chi connectivity index (χ3n) is 2.17. The minimum atomic E-state index is -0.831. The van der Waals surface area contributed by atoms with Gasteiger partial charge in [0.25, 0.3) is 0 Å². The molecule has 0 aliphatic carbocycles. The van der Waals surface area contributed by atoms with Gasteiger partial charge >= 0.3 is 0 Å². The van der Waals surface area contributed by atoms with E-state index in [-0.39, 0.29) is 12.4 Å². The highest BCUT2D eigenvalue weighted by atomic mass is 79.9. The molecule has 0 saturated carbocycles. The molecule has 1 atom stereocenters. The highest BCUT2D eigenvalue weighted by Gasteiger charge is 2.24. The second-order valence-electron chi connectivity index (χ2n) is 3.52. The highest BCUT2D eigenvalue weighted by molar-refractivity contribution is 9.10. The standard InChI is InChI=1S/C10H13BrFNO/c1-10(13,4-5-14)8-6-7(11)2-3-9(8)12/h2-3,6,14H,4-5,13H2,1H3. The van der Waals surface area contributed by atoms with E-state index in [2.05, 4.69) is 15.9 Å². The van der Waals surface area contributed by atoms with Crippen LogP contribution in [0.1, 0.15) is 18.9 Å². The third-order valence-corrected chi connectivity index (χ3v) is 2.67. The first-order valence-electron chi connectivity index (χ1n) is 4.32. The Labute approximate surface area is 91.1 Å². The summed E-state index contributed by atoms with van der Waals surface area (Å²) in [5, 5.41) is 8.81. The fourth-order valence-corrected chi connectivity index (χ4v) is 1.66. The summed E-state index contributed by atoms with van der Waals surface area (Å²) < 4.78 is 14.2. The number of aliphatic hydroxyl groups is 1. The Bertz CT molecular complexity index is 328. The summed E-state index contributed by atoms with van der Waals surface area (Å²) in [6, 6.07) is 4.63. The molecule has 0 heterocycles. The minimum Gasteiger partial charge on any atom is -0.396 e. The molecule has 0 aliphatic rings. The number of hydrogen-bond acceptors (Lipinski definition) is 2. The van der Waals surface area contributed by atoms with Gasteiger partial charge in [-0.1, -0.05) is 15.9 Å². The molecule has 3 N–H and O–H groups in total. The molecular weight excluding hydrogens is 249 g/mol. The molecule has 0 spiro atoms. The fraction of sp³-hybridized carbons (Fsp3) is 0.400. The van der Waals surface area contributed by atoms with Gasteiger partial charge in [-0.2, -0.15) is 0 Å². The molecule has 78 valence electrons. The van der Waals surface area contributed by atoms with Crippen LogP contribution in [-0.2, 0) is 5.54 Å². The zero-order valence-electron chi connectivity index (χ0n) is 7.93. The number of halogens is 2. The van der Waals surface area contributed by atoms with Gasteiger partial charge in [0.15, 0.2) is 0 Å². The second kappa shape index (κ2) is 4.38. The van der Waals surface area contributed by atoms with Crippen molar-refractivity contribution in [1.29, 1.82) is 0 Å². The van der Waals surface area contributed by atoms with Crippen molar-refractivity contribution in [3.05, 3.63) is 34.1 Å². The first-order chi connectivity index (χ1) is 6.47. The molecule has 0 aliphatic heterocycles. The topological polar surface area (TPSA) is 46.2 Å². The van der Waals surface area contributed by atoms with E-state index in [4.69, 9.17) is 10.8 Å². The van der Waals surface area contributed by atoms with E-state index in [0.29, 0.717) is 12.0 Å². The number of aliphatic hydroxyl groups excluding tert-OH is 1. The summed E-state index contributed by atoms with van der Waals surface area (Å²) in [6.45, 7) is 1.65. The average molecular weight is 262 g/mol. The number of hydrogen-bond donors (Lipinski definition) is 2. The summed E-state index contributed by atoms with van der Waals surface area (Å²) >= 11 is 3.26. The maximum absolute atomic E-state index is 13.4. The van der Waals surface area contributed by atoms with Crippen LogP contribution in [0, 0.1) is 5.82 Å². The Kier molecular flexibility index (Phi) is 3.64. The first-order valence-corrected chi connectivity index (χ1v) is 5.12. The van der Waals surface area contributed by atoms with Crippen molar-refractivity contribution in [2.24, 2.45) is 5.73 Å². The third kappa shape index (κ3) is 2.53. The molecule has 0 amide bonds. The largest absolute Gasteiger partial charge is 0.396 e. The van der Waals surface area contributed by atoms with E-state index in [1.807, 2.05) is 0 Å². The number of benzene rings is 1. The maximum atomic E-state index is 13.4. The summed E-state index contributed by atoms with van der Waals surface area (Å²) in [5.74, 6) is -0.341. The molecule has 1 unspecified atom stereocenters. The summed E-state index contributed by atoms with van der Waals surface area (Å²) in [6.07, 6.45) is 0.334. The van der Waals surface area contributed by atoms with E-state index < -0.39 is 5.54 Å². The van der Waals surface area contributed by atoms with Crippen LogP contribution >= 0.6 is 15.9 Å². The van der Waals surface area contributed by atoms with Crippen molar-refractivity contribution < 1.29 is 9.50 Å². The van der Waals surface area contributed by atoms with Gasteiger partial charge in [-0.3, -0.25) is 0 Å². The summed E-state index contributed by atoms with van der Waals surface area (Å²) in [5.41, 5.74) is 5.48. The van der Waals surface area contributed by atoms with E-state index in [1.165, 1.54) is 6.07 Å². The Hall–Kier alpha value is -0.450. The molecule has 1 aromatic carbocycles. The lowest BCUT2D eigenvalue weighted by Gasteiger charge is -2.24. The SMILES string of the molecule is CC(N)(CCO)c1cc(Br)ccc1F. The lowest BCUT2D eigenvalue weighted by atomic mass is 9.90. The quantitative estimate of drug-likeness (QED) is 0.876. The minimum absolute atomic E-state index is 0.0566. The summed E-state index contributed by atoms with van der Waals surface area (Å²) in [7, 11) is 0. The van der Waals surface area contributed by atoms with Crippen molar-refractivity contribution in [3.8, 4) is 0 Å². The van der Waals surface area contributed by atoms with Crippen LogP contribution in [0.25, 0.3) is 0 Å². The molecule has 0 aromatic heterocycles. The van der Waals surface area contributed by atoms with Gasteiger partial charge in [0.05, 0.1) is 0 Å². The van der Waals surface area contributed by atoms with Crippen molar-refractivity contribution in [1.82, 2.24) is 0 Å². The molecule has 1 rings (SSSR count). The first kappa shape index (κ1) is 11.6. The predicted molar refractivity (Wildman–Crippen MR) is 57.3 cm³/mol. The molecule has 1 aromatic rings. The molecule has 4 heteroatoms. The lowest BCUT2D eigenvalue weighted by Crippen LogP contribution is -2.35.